The number of likely N-dealkylation sites (tertiary alicyclic amines) is 1. The van der Waals surface area contributed by atoms with Crippen molar-refractivity contribution in [2.45, 2.75) is 44.8 Å². The molecule has 0 aromatic carbocycles. The van der Waals surface area contributed by atoms with Gasteiger partial charge in [-0.25, -0.2) is 0 Å². The summed E-state index contributed by atoms with van der Waals surface area (Å²) in [6.07, 6.45) is 3.36. The summed E-state index contributed by atoms with van der Waals surface area (Å²) >= 11 is 0. The van der Waals surface area contributed by atoms with Gasteiger partial charge in [-0.05, 0) is 25.8 Å². The molecule has 0 aromatic rings. The van der Waals surface area contributed by atoms with Crippen molar-refractivity contribution in [2.75, 3.05) is 33.4 Å². The van der Waals surface area contributed by atoms with Gasteiger partial charge in [0.25, 0.3) is 0 Å². The number of hydrogen-bond donors (Lipinski definition) is 1. The third-order valence-electron chi connectivity index (χ3n) is 3.23. The van der Waals surface area contributed by atoms with E-state index in [1.54, 1.807) is 0 Å². The van der Waals surface area contributed by atoms with Crippen LogP contribution in [0.25, 0.3) is 0 Å². The van der Waals surface area contributed by atoms with Crippen molar-refractivity contribution >= 4 is 5.97 Å². The number of methoxy groups -OCH3 is 1. The van der Waals surface area contributed by atoms with Gasteiger partial charge in [0.15, 0.2) is 0 Å². The number of unbranched alkanes of at least 4 members (excludes halogenated alkanes) is 1. The fourth-order valence-corrected chi connectivity index (χ4v) is 2.24. The Hall–Kier alpha value is -0.650. The fraction of sp³-hybridized carbons (Fsp3) is 0.923. The molecule has 1 N–H and O–H groups in total. The lowest BCUT2D eigenvalue weighted by Crippen LogP contribution is -2.42. The van der Waals surface area contributed by atoms with Gasteiger partial charge in [-0.2, -0.15) is 0 Å². The molecule has 0 aromatic heterocycles. The van der Waals surface area contributed by atoms with Crippen LogP contribution >= 0.6 is 0 Å². The average Bonchev–Trinajstić information content (AvgIpc) is 2.82. The molecule has 5 heteroatoms. The molecular formula is C13H25NO4. The SMILES string of the molecule is CCCCOCC(O)CN1CCCC1C(=O)OC. The summed E-state index contributed by atoms with van der Waals surface area (Å²) in [4.78, 5) is 13.5. The Balaban J connectivity index is 2.25. The molecule has 1 fully saturated rings. The molecule has 1 saturated heterocycles. The lowest BCUT2D eigenvalue weighted by atomic mass is 10.2. The van der Waals surface area contributed by atoms with Crippen LogP contribution in [0.15, 0.2) is 0 Å². The number of hydrogen-bond acceptors (Lipinski definition) is 5. The number of rotatable bonds is 8. The summed E-state index contributed by atoms with van der Waals surface area (Å²) in [5.41, 5.74) is 0. The predicted molar refractivity (Wildman–Crippen MR) is 68.3 cm³/mol. The minimum absolute atomic E-state index is 0.194. The Morgan fingerprint density at radius 2 is 2.33 bits per heavy atom. The first kappa shape index (κ1) is 15.4. The minimum atomic E-state index is -0.535. The first-order valence-electron chi connectivity index (χ1n) is 6.76. The number of ether oxygens (including phenoxy) is 2. The largest absolute Gasteiger partial charge is 0.468 e. The maximum atomic E-state index is 11.5. The summed E-state index contributed by atoms with van der Waals surface area (Å²) in [7, 11) is 1.41. The van der Waals surface area contributed by atoms with E-state index in [2.05, 4.69) is 6.92 Å². The molecule has 0 aliphatic carbocycles. The van der Waals surface area contributed by atoms with Crippen LogP contribution in [0.2, 0.25) is 0 Å². The zero-order chi connectivity index (χ0) is 13.4. The van der Waals surface area contributed by atoms with E-state index in [4.69, 9.17) is 9.47 Å². The summed E-state index contributed by atoms with van der Waals surface area (Å²) in [5.74, 6) is -0.202. The number of β-amino-alcohol motifs (C(OH)–C–C–N with tert-alkyl or cyclic N) is 1. The zero-order valence-corrected chi connectivity index (χ0v) is 11.4. The maximum absolute atomic E-state index is 11.5. The Labute approximate surface area is 109 Å². The van der Waals surface area contributed by atoms with Crippen LogP contribution in [0.1, 0.15) is 32.6 Å². The van der Waals surface area contributed by atoms with Crippen LogP contribution in [0, 0.1) is 0 Å². The number of aliphatic hydroxyl groups excluding tert-OH is 1. The van der Waals surface area contributed by atoms with E-state index < -0.39 is 6.10 Å². The van der Waals surface area contributed by atoms with Crippen molar-refractivity contribution in [3.63, 3.8) is 0 Å². The highest BCUT2D eigenvalue weighted by molar-refractivity contribution is 5.75. The number of carbonyl (C=O) groups excluding carboxylic acids is 1. The molecule has 0 spiro atoms. The Kier molecular flexibility index (Phi) is 7.23. The van der Waals surface area contributed by atoms with E-state index in [9.17, 15) is 9.90 Å². The van der Waals surface area contributed by atoms with E-state index in [0.29, 0.717) is 19.8 Å². The molecule has 2 unspecified atom stereocenters. The van der Waals surface area contributed by atoms with Crippen molar-refractivity contribution in [2.24, 2.45) is 0 Å². The van der Waals surface area contributed by atoms with Crippen LogP contribution in [0.4, 0.5) is 0 Å². The second-order valence-electron chi connectivity index (χ2n) is 4.76. The van der Waals surface area contributed by atoms with E-state index in [1.807, 2.05) is 4.90 Å². The molecule has 106 valence electrons. The van der Waals surface area contributed by atoms with E-state index >= 15 is 0 Å². The van der Waals surface area contributed by atoms with Gasteiger partial charge in [-0.3, -0.25) is 9.69 Å². The van der Waals surface area contributed by atoms with Gasteiger partial charge in [0.1, 0.15) is 6.04 Å². The Morgan fingerprint density at radius 3 is 3.00 bits per heavy atom. The van der Waals surface area contributed by atoms with E-state index in [0.717, 1.165) is 32.2 Å². The topological polar surface area (TPSA) is 59.0 Å². The molecule has 0 saturated carbocycles. The average molecular weight is 259 g/mol. The Morgan fingerprint density at radius 1 is 1.56 bits per heavy atom. The van der Waals surface area contributed by atoms with Crippen molar-refractivity contribution in [1.29, 1.82) is 0 Å². The first-order chi connectivity index (χ1) is 8.69. The summed E-state index contributed by atoms with van der Waals surface area (Å²) in [6, 6.07) is -0.194. The quantitative estimate of drug-likeness (QED) is 0.516. The van der Waals surface area contributed by atoms with Crippen molar-refractivity contribution in [3.8, 4) is 0 Å². The first-order valence-corrected chi connectivity index (χ1v) is 6.76. The third-order valence-corrected chi connectivity index (χ3v) is 3.23. The molecule has 2 atom stereocenters. The van der Waals surface area contributed by atoms with Gasteiger partial charge in [0.2, 0.25) is 0 Å². The molecular weight excluding hydrogens is 234 g/mol. The Bertz CT molecular complexity index is 247. The molecule has 1 aliphatic rings. The standard InChI is InChI=1S/C13H25NO4/c1-3-4-8-18-10-11(15)9-14-7-5-6-12(14)13(16)17-2/h11-12,15H,3-10H2,1-2H3. The van der Waals surface area contributed by atoms with Crippen LogP contribution in [-0.2, 0) is 14.3 Å². The van der Waals surface area contributed by atoms with Crippen molar-refractivity contribution < 1.29 is 19.4 Å². The number of aliphatic hydroxyl groups is 1. The number of esters is 1. The van der Waals surface area contributed by atoms with Gasteiger partial charge < -0.3 is 14.6 Å². The van der Waals surface area contributed by atoms with Gasteiger partial charge in [0.05, 0.1) is 19.8 Å². The van der Waals surface area contributed by atoms with Gasteiger partial charge in [-0.15, -0.1) is 0 Å². The predicted octanol–water partition coefficient (Wildman–Crippen LogP) is 0.801. The molecule has 1 aliphatic heterocycles. The van der Waals surface area contributed by atoms with Crippen molar-refractivity contribution in [1.82, 2.24) is 4.90 Å². The summed E-state index contributed by atoms with van der Waals surface area (Å²) in [6.45, 7) is 4.45. The maximum Gasteiger partial charge on any atom is 0.323 e. The van der Waals surface area contributed by atoms with Crippen LogP contribution in [0.5, 0.6) is 0 Å². The molecule has 1 heterocycles. The molecule has 5 nitrogen and oxygen atoms in total. The zero-order valence-electron chi connectivity index (χ0n) is 11.4. The fourth-order valence-electron chi connectivity index (χ4n) is 2.24. The lowest BCUT2D eigenvalue weighted by Gasteiger charge is -2.24. The van der Waals surface area contributed by atoms with Crippen molar-refractivity contribution in [3.05, 3.63) is 0 Å². The summed E-state index contributed by atoms with van der Waals surface area (Å²) in [5, 5.41) is 9.86. The van der Waals surface area contributed by atoms with Crippen LogP contribution in [-0.4, -0.2) is 61.5 Å². The smallest absolute Gasteiger partial charge is 0.323 e. The molecule has 0 amide bonds. The van der Waals surface area contributed by atoms with Crippen LogP contribution in [0.3, 0.4) is 0 Å². The highest BCUT2D eigenvalue weighted by atomic mass is 16.5. The molecule has 18 heavy (non-hydrogen) atoms. The second kappa shape index (κ2) is 8.45. The van der Waals surface area contributed by atoms with Gasteiger partial charge in [-0.1, -0.05) is 13.3 Å². The number of nitrogens with zero attached hydrogens (tertiary/aromatic N) is 1. The highest BCUT2D eigenvalue weighted by Crippen LogP contribution is 2.18. The highest BCUT2D eigenvalue weighted by Gasteiger charge is 2.32. The normalized spacial score (nSPS) is 22.1. The number of carbonyl (C=O) groups is 1. The van der Waals surface area contributed by atoms with E-state index in [1.165, 1.54) is 7.11 Å². The van der Waals surface area contributed by atoms with Crippen LogP contribution < -0.4 is 0 Å². The van der Waals surface area contributed by atoms with Gasteiger partial charge >= 0.3 is 5.97 Å². The minimum Gasteiger partial charge on any atom is -0.468 e. The van der Waals surface area contributed by atoms with E-state index in [-0.39, 0.29) is 12.0 Å². The monoisotopic (exact) mass is 259 g/mol. The summed E-state index contributed by atoms with van der Waals surface area (Å²) < 4.78 is 10.1. The molecule has 1 rings (SSSR count). The van der Waals surface area contributed by atoms with Gasteiger partial charge in [0, 0.05) is 13.2 Å². The molecule has 0 bridgehead atoms. The lowest BCUT2D eigenvalue weighted by molar-refractivity contribution is -0.146. The molecule has 0 radical (unpaired) electrons. The second-order valence-corrected chi connectivity index (χ2v) is 4.76. The third kappa shape index (κ3) is 4.92.